The van der Waals surface area contributed by atoms with Crippen LogP contribution in [0.15, 0.2) is 42.5 Å². The van der Waals surface area contributed by atoms with Gasteiger partial charge in [0, 0.05) is 17.7 Å². The van der Waals surface area contributed by atoms with Crippen molar-refractivity contribution in [3.05, 3.63) is 75.3 Å². The van der Waals surface area contributed by atoms with Crippen molar-refractivity contribution in [3.8, 4) is 6.07 Å². The van der Waals surface area contributed by atoms with Crippen molar-refractivity contribution in [2.75, 3.05) is 0 Å². The van der Waals surface area contributed by atoms with Crippen molar-refractivity contribution in [1.82, 2.24) is 0 Å². The van der Waals surface area contributed by atoms with Gasteiger partial charge in [-0.25, -0.2) is 8.78 Å². The minimum atomic E-state index is -0.661. The summed E-state index contributed by atoms with van der Waals surface area (Å²) < 4.78 is 26.6. The summed E-state index contributed by atoms with van der Waals surface area (Å²) >= 11 is 0. The summed E-state index contributed by atoms with van der Waals surface area (Å²) in [6, 6.07) is 10.0. The van der Waals surface area contributed by atoms with Gasteiger partial charge in [-0.15, -0.1) is 0 Å². The Balaban J connectivity index is 2.44. The van der Waals surface area contributed by atoms with E-state index in [2.05, 4.69) is 0 Å². The smallest absolute Gasteiger partial charge is 0.258 e. The predicted octanol–water partition coefficient (Wildman–Crippen LogP) is 3.94. The highest BCUT2D eigenvalue weighted by molar-refractivity contribution is 5.89. The number of nitriles is 1. The summed E-state index contributed by atoms with van der Waals surface area (Å²) in [7, 11) is 0. The first-order valence-electron chi connectivity index (χ1n) is 5.83. The van der Waals surface area contributed by atoms with E-state index in [1.54, 1.807) is 0 Å². The van der Waals surface area contributed by atoms with Crippen LogP contribution >= 0.6 is 0 Å². The van der Waals surface area contributed by atoms with Crippen molar-refractivity contribution < 1.29 is 13.7 Å². The fourth-order valence-electron chi connectivity index (χ4n) is 1.72. The molecule has 6 heteroatoms. The number of hydrogen-bond acceptors (Lipinski definition) is 3. The number of rotatable bonds is 3. The molecule has 0 aliphatic heterocycles. The first-order chi connectivity index (χ1) is 10.0. The number of non-ortho nitro benzene ring substituents is 1. The molecule has 0 unspecified atom stereocenters. The summed E-state index contributed by atoms with van der Waals surface area (Å²) in [6.45, 7) is 0. The number of nitrogens with zero attached hydrogens (tertiary/aromatic N) is 2. The third kappa shape index (κ3) is 3.28. The summed E-state index contributed by atoms with van der Waals surface area (Å²) in [5.41, 5.74) is 0.277. The van der Waals surface area contributed by atoms with Crippen molar-refractivity contribution in [3.63, 3.8) is 0 Å². The Labute approximate surface area is 118 Å². The van der Waals surface area contributed by atoms with Gasteiger partial charge in [-0.2, -0.15) is 5.26 Å². The average molecular weight is 286 g/mol. The standard InChI is InChI=1S/C15H8F2N2O2/c16-13-3-6-15(17)11(8-13)7-12(9-18)10-1-4-14(5-2-10)19(20)21/h1-8H/b12-7-. The number of nitro groups is 1. The molecule has 0 amide bonds. The van der Waals surface area contributed by atoms with Crippen LogP contribution in [0.1, 0.15) is 11.1 Å². The normalized spacial score (nSPS) is 11.0. The molecule has 0 fully saturated rings. The lowest BCUT2D eigenvalue weighted by Gasteiger charge is -2.01. The molecular weight excluding hydrogens is 278 g/mol. The lowest BCUT2D eigenvalue weighted by Crippen LogP contribution is -1.89. The molecule has 0 aliphatic carbocycles. The predicted molar refractivity (Wildman–Crippen MR) is 72.9 cm³/mol. The van der Waals surface area contributed by atoms with Crippen LogP contribution in [-0.4, -0.2) is 4.92 Å². The second kappa shape index (κ2) is 5.92. The van der Waals surface area contributed by atoms with Gasteiger partial charge in [0.25, 0.3) is 5.69 Å². The van der Waals surface area contributed by atoms with E-state index in [1.165, 1.54) is 30.3 Å². The summed E-state index contributed by atoms with van der Waals surface area (Å²) in [4.78, 5) is 10.00. The molecule has 0 aliphatic rings. The molecule has 0 heterocycles. The number of nitro benzene ring substituents is 1. The van der Waals surface area contributed by atoms with Crippen molar-refractivity contribution in [1.29, 1.82) is 5.26 Å². The maximum atomic E-state index is 13.5. The first-order valence-corrected chi connectivity index (χ1v) is 5.83. The molecule has 2 aromatic carbocycles. The van der Waals surface area contributed by atoms with Gasteiger partial charge in [0.15, 0.2) is 0 Å². The minimum Gasteiger partial charge on any atom is -0.258 e. The van der Waals surface area contributed by atoms with E-state index in [0.29, 0.717) is 5.56 Å². The highest BCUT2D eigenvalue weighted by atomic mass is 19.1. The molecule has 104 valence electrons. The molecule has 0 saturated carbocycles. The van der Waals surface area contributed by atoms with Crippen LogP contribution in [0.3, 0.4) is 0 Å². The Bertz CT molecular complexity index is 762. The van der Waals surface area contributed by atoms with Gasteiger partial charge in [0.2, 0.25) is 0 Å². The lowest BCUT2D eigenvalue weighted by molar-refractivity contribution is -0.384. The van der Waals surface area contributed by atoms with E-state index in [9.17, 15) is 18.9 Å². The van der Waals surface area contributed by atoms with E-state index in [1.807, 2.05) is 6.07 Å². The number of hydrogen-bond donors (Lipinski definition) is 0. The maximum absolute atomic E-state index is 13.5. The molecular formula is C15H8F2N2O2. The van der Waals surface area contributed by atoms with Crippen LogP contribution in [0.4, 0.5) is 14.5 Å². The highest BCUT2D eigenvalue weighted by Crippen LogP contribution is 2.22. The third-order valence-electron chi connectivity index (χ3n) is 2.77. The molecule has 0 radical (unpaired) electrons. The zero-order chi connectivity index (χ0) is 15.4. The van der Waals surface area contributed by atoms with Crippen LogP contribution in [0.5, 0.6) is 0 Å². The summed E-state index contributed by atoms with van der Waals surface area (Å²) in [6.07, 6.45) is 1.19. The van der Waals surface area contributed by atoms with Crippen LogP contribution in [0.2, 0.25) is 0 Å². The van der Waals surface area contributed by atoms with Crippen LogP contribution < -0.4 is 0 Å². The maximum Gasteiger partial charge on any atom is 0.269 e. The van der Waals surface area contributed by atoms with E-state index in [4.69, 9.17) is 5.26 Å². The minimum absolute atomic E-state index is 0.0649. The Kier molecular flexibility index (Phi) is 4.05. The second-order valence-electron chi connectivity index (χ2n) is 4.14. The molecule has 0 bridgehead atoms. The molecule has 0 saturated heterocycles. The van der Waals surface area contributed by atoms with Crippen LogP contribution in [-0.2, 0) is 0 Å². The molecule has 2 aromatic rings. The first kappa shape index (κ1) is 14.3. The van der Waals surface area contributed by atoms with E-state index >= 15 is 0 Å². The van der Waals surface area contributed by atoms with Crippen LogP contribution in [0, 0.1) is 33.1 Å². The quantitative estimate of drug-likeness (QED) is 0.371. The van der Waals surface area contributed by atoms with E-state index < -0.39 is 16.6 Å². The Morgan fingerprint density at radius 1 is 1.19 bits per heavy atom. The molecule has 2 rings (SSSR count). The fourth-order valence-corrected chi connectivity index (χ4v) is 1.72. The third-order valence-corrected chi connectivity index (χ3v) is 2.77. The zero-order valence-electron chi connectivity index (χ0n) is 10.6. The highest BCUT2D eigenvalue weighted by Gasteiger charge is 2.08. The molecule has 0 aromatic heterocycles. The van der Waals surface area contributed by atoms with Crippen molar-refractivity contribution in [2.24, 2.45) is 0 Å². The monoisotopic (exact) mass is 286 g/mol. The topological polar surface area (TPSA) is 66.9 Å². The fraction of sp³-hybridized carbons (Fsp3) is 0. The van der Waals surface area contributed by atoms with Crippen molar-refractivity contribution in [2.45, 2.75) is 0 Å². The lowest BCUT2D eigenvalue weighted by atomic mass is 10.0. The van der Waals surface area contributed by atoms with Gasteiger partial charge in [-0.3, -0.25) is 10.1 Å². The number of allylic oxidation sites excluding steroid dienone is 1. The molecule has 4 nitrogen and oxygen atoms in total. The van der Waals surface area contributed by atoms with Gasteiger partial charge >= 0.3 is 0 Å². The van der Waals surface area contributed by atoms with Crippen molar-refractivity contribution >= 4 is 17.3 Å². The Hall–Kier alpha value is -3.07. The Morgan fingerprint density at radius 2 is 1.86 bits per heavy atom. The molecule has 0 N–H and O–H groups in total. The molecule has 0 atom stereocenters. The average Bonchev–Trinajstić information content (AvgIpc) is 2.48. The summed E-state index contributed by atoms with van der Waals surface area (Å²) in [5, 5.41) is 19.7. The van der Waals surface area contributed by atoms with E-state index in [0.717, 1.165) is 18.2 Å². The zero-order valence-corrected chi connectivity index (χ0v) is 10.6. The van der Waals surface area contributed by atoms with E-state index in [-0.39, 0.29) is 16.8 Å². The second-order valence-corrected chi connectivity index (χ2v) is 4.14. The Morgan fingerprint density at radius 3 is 2.43 bits per heavy atom. The molecule has 0 spiro atoms. The number of halogens is 2. The number of benzene rings is 2. The van der Waals surface area contributed by atoms with Gasteiger partial charge < -0.3 is 0 Å². The van der Waals surface area contributed by atoms with Gasteiger partial charge in [-0.05, 0) is 42.0 Å². The van der Waals surface area contributed by atoms with Gasteiger partial charge in [0.05, 0.1) is 16.6 Å². The largest absolute Gasteiger partial charge is 0.269 e. The van der Waals surface area contributed by atoms with Gasteiger partial charge in [-0.1, -0.05) is 0 Å². The van der Waals surface area contributed by atoms with Gasteiger partial charge in [0.1, 0.15) is 11.6 Å². The SMILES string of the molecule is N#C/C(=C/c1cc(F)ccc1F)c1ccc([N+](=O)[O-])cc1. The van der Waals surface area contributed by atoms with Crippen LogP contribution in [0.25, 0.3) is 11.6 Å². The summed E-state index contributed by atoms with van der Waals surface area (Å²) in [5.74, 6) is -1.28. The molecule has 21 heavy (non-hydrogen) atoms.